The average molecular weight is 436 g/mol. The number of fused-ring (bicyclic) bond motifs is 2. The van der Waals surface area contributed by atoms with E-state index in [0.29, 0.717) is 19.1 Å². The van der Waals surface area contributed by atoms with Crippen molar-refractivity contribution < 1.29 is 23.1 Å². The molecule has 2 fully saturated rings. The smallest absolute Gasteiger partial charge is 0.409 e. The van der Waals surface area contributed by atoms with Crippen LogP contribution in [0.1, 0.15) is 43.7 Å². The fourth-order valence-electron chi connectivity index (χ4n) is 5.45. The zero-order valence-corrected chi connectivity index (χ0v) is 18.3. The summed E-state index contributed by atoms with van der Waals surface area (Å²) in [4.78, 5) is 30.1. The molecule has 0 aromatic heterocycles. The molecule has 0 atom stereocenters. The van der Waals surface area contributed by atoms with Crippen molar-refractivity contribution in [3.05, 3.63) is 29.3 Å². The number of aryl methyl sites for hydroxylation is 1. The molecular weight excluding hydrogens is 404 g/mol. The largest absolute Gasteiger partial charge is 0.443 e. The summed E-state index contributed by atoms with van der Waals surface area (Å²) in [7, 11) is 0. The van der Waals surface area contributed by atoms with Gasteiger partial charge in [-0.15, -0.1) is 0 Å². The van der Waals surface area contributed by atoms with Gasteiger partial charge in [-0.25, -0.2) is 13.6 Å². The number of likely N-dealkylation sites (tertiary alicyclic amines) is 2. The van der Waals surface area contributed by atoms with Crippen molar-refractivity contribution >= 4 is 17.7 Å². The Morgan fingerprint density at radius 3 is 2.45 bits per heavy atom. The van der Waals surface area contributed by atoms with Gasteiger partial charge in [0, 0.05) is 43.7 Å². The molecule has 0 N–H and O–H groups in total. The topological polar surface area (TPSA) is 53.1 Å². The van der Waals surface area contributed by atoms with Crippen LogP contribution in [0.2, 0.25) is 0 Å². The van der Waals surface area contributed by atoms with E-state index < -0.39 is 19.1 Å². The monoisotopic (exact) mass is 435 g/mol. The van der Waals surface area contributed by atoms with Crippen LogP contribution in [-0.2, 0) is 14.9 Å². The molecule has 0 bridgehead atoms. The third-order valence-electron chi connectivity index (χ3n) is 7.18. The molecule has 1 aromatic carbocycles. The van der Waals surface area contributed by atoms with Crippen LogP contribution in [0.4, 0.5) is 19.3 Å². The summed E-state index contributed by atoms with van der Waals surface area (Å²) < 4.78 is 29.2. The van der Waals surface area contributed by atoms with Gasteiger partial charge in [0.05, 0.1) is 0 Å². The van der Waals surface area contributed by atoms with Crippen molar-refractivity contribution in [3.8, 4) is 0 Å². The summed E-state index contributed by atoms with van der Waals surface area (Å²) in [5, 5.41) is 0. The number of nitrogens with zero attached hydrogens (tertiary/aromatic N) is 3. The number of piperidine rings is 2. The Morgan fingerprint density at radius 1 is 1.16 bits per heavy atom. The molecule has 0 unspecified atom stereocenters. The number of anilines is 1. The van der Waals surface area contributed by atoms with Crippen molar-refractivity contribution in [2.45, 2.75) is 57.4 Å². The van der Waals surface area contributed by atoms with Gasteiger partial charge in [-0.05, 0) is 57.3 Å². The molecule has 1 spiro atoms. The third kappa shape index (κ3) is 4.40. The molecule has 0 radical (unpaired) electrons. The van der Waals surface area contributed by atoms with Crippen LogP contribution >= 0.6 is 0 Å². The lowest BCUT2D eigenvalue weighted by Gasteiger charge is -2.45. The Hall–Kier alpha value is -2.22. The third-order valence-corrected chi connectivity index (χ3v) is 7.18. The van der Waals surface area contributed by atoms with Gasteiger partial charge in [-0.1, -0.05) is 17.7 Å². The van der Waals surface area contributed by atoms with Gasteiger partial charge in [-0.3, -0.25) is 4.79 Å². The first kappa shape index (κ1) is 22.0. The van der Waals surface area contributed by atoms with Gasteiger partial charge in [0.1, 0.15) is 0 Å². The molecule has 0 aliphatic carbocycles. The predicted octanol–water partition coefficient (Wildman–Crippen LogP) is 3.56. The summed E-state index contributed by atoms with van der Waals surface area (Å²) >= 11 is 0. The van der Waals surface area contributed by atoms with Crippen molar-refractivity contribution in [1.29, 1.82) is 0 Å². The molecule has 3 heterocycles. The second-order valence-electron chi connectivity index (χ2n) is 9.13. The lowest BCUT2D eigenvalue weighted by molar-refractivity contribution is -0.116. The maximum Gasteiger partial charge on any atom is 0.409 e. The number of rotatable bonds is 3. The Bertz CT molecular complexity index is 831. The van der Waals surface area contributed by atoms with Crippen molar-refractivity contribution in [2.24, 2.45) is 0 Å². The molecular formula is C23H31F2N3O3. The van der Waals surface area contributed by atoms with E-state index in [-0.39, 0.29) is 11.3 Å². The van der Waals surface area contributed by atoms with E-state index in [1.54, 1.807) is 6.92 Å². The summed E-state index contributed by atoms with van der Waals surface area (Å²) in [5.74, 6) is 0.0931. The SMILES string of the molecule is CC(=O)N1CC2(CCN(C3CCN(C(=O)OCC(F)F)CC3)CC2)c2cc(C)ccc21. The molecule has 4 rings (SSSR count). The van der Waals surface area contributed by atoms with E-state index >= 15 is 0 Å². The zero-order chi connectivity index (χ0) is 22.2. The predicted molar refractivity (Wildman–Crippen MR) is 114 cm³/mol. The highest BCUT2D eigenvalue weighted by atomic mass is 19.3. The summed E-state index contributed by atoms with van der Waals surface area (Å²) in [6.45, 7) is 6.63. The lowest BCUT2D eigenvalue weighted by Crippen LogP contribution is -2.52. The van der Waals surface area contributed by atoms with E-state index in [9.17, 15) is 18.4 Å². The minimum atomic E-state index is -2.63. The Labute approximate surface area is 182 Å². The molecule has 6 nitrogen and oxygen atoms in total. The highest BCUT2D eigenvalue weighted by Gasteiger charge is 2.46. The number of carbonyl (C=O) groups is 2. The number of amides is 2. The lowest BCUT2D eigenvalue weighted by atomic mass is 9.73. The Balaban J connectivity index is 1.35. The van der Waals surface area contributed by atoms with Crippen LogP contribution in [0, 0.1) is 6.92 Å². The van der Waals surface area contributed by atoms with E-state index in [1.807, 2.05) is 4.90 Å². The molecule has 1 aromatic rings. The van der Waals surface area contributed by atoms with Crippen LogP contribution in [0.15, 0.2) is 18.2 Å². The van der Waals surface area contributed by atoms with E-state index in [0.717, 1.165) is 51.0 Å². The van der Waals surface area contributed by atoms with Crippen LogP contribution < -0.4 is 4.90 Å². The minimum Gasteiger partial charge on any atom is -0.443 e. The number of benzene rings is 1. The number of carbonyl (C=O) groups excluding carboxylic acids is 2. The molecule has 0 saturated carbocycles. The maximum atomic E-state index is 12.3. The zero-order valence-electron chi connectivity index (χ0n) is 18.3. The van der Waals surface area contributed by atoms with Crippen molar-refractivity contribution in [3.63, 3.8) is 0 Å². The minimum absolute atomic E-state index is 0.0172. The average Bonchev–Trinajstić information content (AvgIpc) is 3.06. The van der Waals surface area contributed by atoms with Crippen LogP contribution in [0.5, 0.6) is 0 Å². The number of ether oxygens (including phenoxy) is 1. The summed E-state index contributed by atoms with van der Waals surface area (Å²) in [6, 6.07) is 6.79. The standard InChI is InChI=1S/C23H31F2N3O3/c1-16-3-4-20-19(13-16)23(15-28(20)17(2)29)7-11-26(12-8-23)18-5-9-27(10-6-18)22(30)31-14-21(24)25/h3-4,13,18,21H,5-12,14-15H2,1-2H3. The van der Waals surface area contributed by atoms with Gasteiger partial charge < -0.3 is 19.4 Å². The second kappa shape index (κ2) is 8.73. The van der Waals surface area contributed by atoms with E-state index in [1.165, 1.54) is 16.0 Å². The molecule has 2 saturated heterocycles. The van der Waals surface area contributed by atoms with Gasteiger partial charge in [-0.2, -0.15) is 0 Å². The molecule has 31 heavy (non-hydrogen) atoms. The van der Waals surface area contributed by atoms with Crippen LogP contribution in [0.3, 0.4) is 0 Å². The number of hydrogen-bond acceptors (Lipinski definition) is 4. The number of hydrogen-bond donors (Lipinski definition) is 0. The van der Waals surface area contributed by atoms with Crippen molar-refractivity contribution in [1.82, 2.24) is 9.80 Å². The number of alkyl halides is 2. The normalized spacial score (nSPS) is 21.6. The van der Waals surface area contributed by atoms with Gasteiger partial charge in [0.15, 0.2) is 6.61 Å². The van der Waals surface area contributed by atoms with E-state index in [4.69, 9.17) is 0 Å². The molecule has 170 valence electrons. The molecule has 3 aliphatic heterocycles. The molecule has 8 heteroatoms. The number of halogens is 2. The first-order chi connectivity index (χ1) is 14.8. The molecule has 3 aliphatic rings. The Morgan fingerprint density at radius 2 is 1.84 bits per heavy atom. The van der Waals surface area contributed by atoms with Gasteiger partial charge in [0.2, 0.25) is 5.91 Å². The summed E-state index contributed by atoms with van der Waals surface area (Å²) in [6.07, 6.45) is 0.385. The summed E-state index contributed by atoms with van der Waals surface area (Å²) in [5.41, 5.74) is 3.60. The first-order valence-electron chi connectivity index (χ1n) is 11.1. The Kier molecular flexibility index (Phi) is 6.19. The molecule has 2 amide bonds. The van der Waals surface area contributed by atoms with Gasteiger partial charge in [0.25, 0.3) is 6.43 Å². The van der Waals surface area contributed by atoms with Crippen LogP contribution in [-0.4, -0.2) is 73.6 Å². The first-order valence-corrected chi connectivity index (χ1v) is 11.1. The quantitative estimate of drug-likeness (QED) is 0.729. The van der Waals surface area contributed by atoms with E-state index in [2.05, 4.69) is 34.8 Å². The highest BCUT2D eigenvalue weighted by Crippen LogP contribution is 2.47. The van der Waals surface area contributed by atoms with Crippen LogP contribution in [0.25, 0.3) is 0 Å². The van der Waals surface area contributed by atoms with Crippen molar-refractivity contribution in [2.75, 3.05) is 44.2 Å². The fraction of sp³-hybridized carbons (Fsp3) is 0.652. The second-order valence-corrected chi connectivity index (χ2v) is 9.13. The fourth-order valence-corrected chi connectivity index (χ4v) is 5.45. The maximum absolute atomic E-state index is 12.3. The highest BCUT2D eigenvalue weighted by molar-refractivity contribution is 5.94. The van der Waals surface area contributed by atoms with Gasteiger partial charge >= 0.3 is 6.09 Å².